The van der Waals surface area contributed by atoms with E-state index in [-0.39, 0.29) is 17.7 Å². The molecule has 26 heavy (non-hydrogen) atoms. The lowest BCUT2D eigenvalue weighted by atomic mass is 10.0. The molecule has 1 aliphatic heterocycles. The number of likely N-dealkylation sites (tertiary alicyclic amines) is 1. The van der Waals surface area contributed by atoms with Gasteiger partial charge in [-0.25, -0.2) is 0 Å². The van der Waals surface area contributed by atoms with E-state index in [1.165, 1.54) is 0 Å². The molecule has 1 fully saturated rings. The van der Waals surface area contributed by atoms with Crippen LogP contribution in [-0.2, 0) is 11.8 Å². The summed E-state index contributed by atoms with van der Waals surface area (Å²) in [6, 6.07) is 17.9. The van der Waals surface area contributed by atoms with Gasteiger partial charge < -0.3 is 15.2 Å². The second-order valence-electron chi connectivity index (χ2n) is 6.80. The maximum absolute atomic E-state index is 13.4. The van der Waals surface area contributed by atoms with Crippen molar-refractivity contribution in [1.29, 1.82) is 0 Å². The molecule has 5 nitrogen and oxygen atoms in total. The van der Waals surface area contributed by atoms with E-state index in [0.717, 1.165) is 22.2 Å². The minimum absolute atomic E-state index is 0.0376. The van der Waals surface area contributed by atoms with Crippen molar-refractivity contribution >= 4 is 22.7 Å². The van der Waals surface area contributed by atoms with Crippen LogP contribution in [-0.4, -0.2) is 34.4 Å². The minimum Gasteiger partial charge on any atom is -0.369 e. The van der Waals surface area contributed by atoms with E-state index in [2.05, 4.69) is 4.57 Å². The number of benzene rings is 2. The van der Waals surface area contributed by atoms with E-state index in [1.807, 2.05) is 61.6 Å². The topological polar surface area (TPSA) is 68.3 Å². The van der Waals surface area contributed by atoms with E-state index >= 15 is 0 Å². The van der Waals surface area contributed by atoms with Gasteiger partial charge in [-0.3, -0.25) is 9.59 Å². The van der Waals surface area contributed by atoms with Crippen molar-refractivity contribution in [2.45, 2.75) is 6.42 Å². The summed E-state index contributed by atoms with van der Waals surface area (Å²) >= 11 is 0. The second kappa shape index (κ2) is 6.33. The smallest absolute Gasteiger partial charge is 0.256 e. The molecule has 2 aromatic carbocycles. The number of primary amides is 1. The Hall–Kier alpha value is -3.08. The largest absolute Gasteiger partial charge is 0.369 e. The Morgan fingerprint density at radius 3 is 2.42 bits per heavy atom. The predicted octanol–water partition coefficient (Wildman–Crippen LogP) is 2.79. The van der Waals surface area contributed by atoms with Gasteiger partial charge in [0.1, 0.15) is 0 Å². The Kier molecular flexibility index (Phi) is 3.99. The third-order valence-electron chi connectivity index (χ3n) is 5.25. The van der Waals surface area contributed by atoms with Gasteiger partial charge in [0.25, 0.3) is 5.91 Å². The van der Waals surface area contributed by atoms with Crippen LogP contribution in [0.25, 0.3) is 22.2 Å². The van der Waals surface area contributed by atoms with Crippen LogP contribution >= 0.6 is 0 Å². The number of hydrogen-bond acceptors (Lipinski definition) is 2. The van der Waals surface area contributed by atoms with Gasteiger partial charge in [-0.05, 0) is 18.1 Å². The van der Waals surface area contributed by atoms with Crippen LogP contribution in [0.3, 0.4) is 0 Å². The van der Waals surface area contributed by atoms with Crippen LogP contribution in [0.15, 0.2) is 54.6 Å². The molecule has 0 unspecified atom stereocenters. The molecule has 132 valence electrons. The highest BCUT2D eigenvalue weighted by molar-refractivity contribution is 6.13. The third-order valence-corrected chi connectivity index (χ3v) is 5.25. The third kappa shape index (κ3) is 2.56. The molecule has 2 heterocycles. The number of carbonyl (C=O) groups is 2. The molecule has 1 saturated heterocycles. The molecular weight excluding hydrogens is 326 g/mol. The molecular formula is C21H21N3O2. The normalized spacial score (nSPS) is 17.0. The monoisotopic (exact) mass is 347 g/mol. The molecule has 0 spiro atoms. The molecule has 1 aliphatic rings. The van der Waals surface area contributed by atoms with Gasteiger partial charge in [0.05, 0.1) is 17.2 Å². The number of nitrogens with two attached hydrogens (primary N) is 1. The first-order valence-electron chi connectivity index (χ1n) is 8.79. The molecule has 3 aromatic rings. The predicted molar refractivity (Wildman–Crippen MR) is 102 cm³/mol. The summed E-state index contributed by atoms with van der Waals surface area (Å²) in [5.41, 5.74) is 9.04. The zero-order valence-corrected chi connectivity index (χ0v) is 14.7. The van der Waals surface area contributed by atoms with E-state index in [9.17, 15) is 9.59 Å². The van der Waals surface area contributed by atoms with Crippen LogP contribution in [0.5, 0.6) is 0 Å². The Morgan fingerprint density at radius 1 is 1.04 bits per heavy atom. The van der Waals surface area contributed by atoms with Gasteiger partial charge in [-0.15, -0.1) is 0 Å². The Bertz CT molecular complexity index is 991. The zero-order chi connectivity index (χ0) is 18.3. The lowest BCUT2D eigenvalue weighted by Crippen LogP contribution is -2.32. The highest BCUT2D eigenvalue weighted by Gasteiger charge is 2.33. The minimum atomic E-state index is -0.332. The molecule has 1 aromatic heterocycles. The van der Waals surface area contributed by atoms with Gasteiger partial charge >= 0.3 is 0 Å². The number of amides is 2. The number of fused-ring (bicyclic) bond motifs is 1. The molecule has 0 aliphatic carbocycles. The van der Waals surface area contributed by atoms with Crippen LogP contribution < -0.4 is 5.73 Å². The highest BCUT2D eigenvalue weighted by atomic mass is 16.2. The lowest BCUT2D eigenvalue weighted by Gasteiger charge is -2.17. The number of rotatable bonds is 3. The molecule has 2 amide bonds. The maximum atomic E-state index is 13.4. The number of aromatic nitrogens is 1. The summed E-state index contributed by atoms with van der Waals surface area (Å²) in [6.07, 6.45) is 0.631. The summed E-state index contributed by atoms with van der Waals surface area (Å²) < 4.78 is 2.07. The first-order valence-corrected chi connectivity index (χ1v) is 8.79. The number of hydrogen-bond donors (Lipinski definition) is 1. The van der Waals surface area contributed by atoms with E-state index in [4.69, 9.17) is 5.73 Å². The van der Waals surface area contributed by atoms with Crippen molar-refractivity contribution in [3.8, 4) is 11.3 Å². The summed E-state index contributed by atoms with van der Waals surface area (Å²) in [7, 11) is 1.98. The summed E-state index contributed by atoms with van der Waals surface area (Å²) in [5.74, 6) is -0.625. The summed E-state index contributed by atoms with van der Waals surface area (Å²) in [5, 5.41) is 0.932. The van der Waals surface area contributed by atoms with Crippen molar-refractivity contribution in [3.63, 3.8) is 0 Å². The van der Waals surface area contributed by atoms with Gasteiger partial charge in [0.15, 0.2) is 0 Å². The standard InChI is InChI=1S/C21H21N3O2/c1-23-17-10-6-5-9-16(17)18(19(23)14-7-3-2-4-8-14)21(26)24-12-11-15(13-24)20(22)25/h2-10,15H,11-13H2,1H3,(H2,22,25)/t15-/m0/s1. The van der Waals surface area contributed by atoms with Crippen LogP contribution in [0, 0.1) is 5.92 Å². The molecule has 4 rings (SSSR count). The van der Waals surface area contributed by atoms with Gasteiger partial charge in [-0.2, -0.15) is 0 Å². The first kappa shape index (κ1) is 16.4. The van der Waals surface area contributed by atoms with Crippen LogP contribution in [0.2, 0.25) is 0 Å². The van der Waals surface area contributed by atoms with Gasteiger partial charge in [0.2, 0.25) is 5.91 Å². The average Bonchev–Trinajstić information content (AvgIpc) is 3.26. The summed E-state index contributed by atoms with van der Waals surface area (Å²) in [4.78, 5) is 26.6. The molecule has 0 bridgehead atoms. The van der Waals surface area contributed by atoms with Gasteiger partial charge in [-0.1, -0.05) is 48.5 Å². The molecule has 0 saturated carbocycles. The molecule has 2 N–H and O–H groups in total. The maximum Gasteiger partial charge on any atom is 0.256 e. The lowest BCUT2D eigenvalue weighted by molar-refractivity contribution is -0.121. The quantitative estimate of drug-likeness (QED) is 0.791. The van der Waals surface area contributed by atoms with Crippen molar-refractivity contribution in [1.82, 2.24) is 9.47 Å². The number of carbonyl (C=O) groups excluding carboxylic acids is 2. The van der Waals surface area contributed by atoms with Crippen LogP contribution in [0.1, 0.15) is 16.8 Å². The number of para-hydroxylation sites is 1. The fraction of sp³-hybridized carbons (Fsp3) is 0.238. The Balaban J connectivity index is 1.86. The van der Waals surface area contributed by atoms with E-state index < -0.39 is 0 Å². The average molecular weight is 347 g/mol. The Morgan fingerprint density at radius 2 is 1.73 bits per heavy atom. The van der Waals surface area contributed by atoms with Crippen molar-refractivity contribution in [3.05, 3.63) is 60.2 Å². The van der Waals surface area contributed by atoms with E-state index in [0.29, 0.717) is 25.1 Å². The van der Waals surface area contributed by atoms with Crippen molar-refractivity contribution in [2.75, 3.05) is 13.1 Å². The fourth-order valence-corrected chi connectivity index (χ4v) is 3.88. The van der Waals surface area contributed by atoms with Crippen molar-refractivity contribution in [2.24, 2.45) is 18.7 Å². The number of aryl methyl sites for hydroxylation is 1. The summed E-state index contributed by atoms with van der Waals surface area (Å²) in [6.45, 7) is 0.954. The molecule has 1 atom stereocenters. The van der Waals surface area contributed by atoms with Crippen LogP contribution in [0.4, 0.5) is 0 Å². The zero-order valence-electron chi connectivity index (χ0n) is 14.7. The van der Waals surface area contributed by atoms with E-state index in [1.54, 1.807) is 4.90 Å². The van der Waals surface area contributed by atoms with Gasteiger partial charge in [0, 0.05) is 31.0 Å². The second-order valence-corrected chi connectivity index (χ2v) is 6.80. The first-order chi connectivity index (χ1) is 12.6. The van der Waals surface area contributed by atoms with Crippen molar-refractivity contribution < 1.29 is 9.59 Å². The number of nitrogens with zero attached hydrogens (tertiary/aromatic N) is 2. The Labute approximate surface area is 152 Å². The fourth-order valence-electron chi connectivity index (χ4n) is 3.88. The SMILES string of the molecule is Cn1c(-c2ccccc2)c(C(=O)N2CC[C@H](C(N)=O)C2)c2ccccc21. The molecule has 5 heteroatoms. The highest BCUT2D eigenvalue weighted by Crippen LogP contribution is 2.34. The molecule has 0 radical (unpaired) electrons.